The van der Waals surface area contributed by atoms with Gasteiger partial charge in [0.1, 0.15) is 0 Å². The summed E-state index contributed by atoms with van der Waals surface area (Å²) in [5, 5.41) is 8.97. The maximum Gasteiger partial charge on any atom is 0.151 e. The van der Waals surface area contributed by atoms with Crippen LogP contribution in [0.3, 0.4) is 0 Å². The molecule has 0 amide bonds. The van der Waals surface area contributed by atoms with E-state index in [1.807, 2.05) is 4.90 Å². The number of hydrogen-bond acceptors (Lipinski definition) is 5. The Morgan fingerprint density at radius 1 is 1.33 bits per heavy atom. The monoisotopic (exact) mass is 210 g/mol. The Morgan fingerprint density at radius 3 is 2.67 bits per heavy atom. The first kappa shape index (κ1) is 11.9. The van der Waals surface area contributed by atoms with E-state index in [2.05, 4.69) is 16.9 Å². The van der Waals surface area contributed by atoms with Gasteiger partial charge in [-0.1, -0.05) is 6.92 Å². The van der Waals surface area contributed by atoms with Gasteiger partial charge >= 0.3 is 0 Å². The first-order valence-electron chi connectivity index (χ1n) is 5.19. The van der Waals surface area contributed by atoms with Gasteiger partial charge in [0.25, 0.3) is 0 Å². The molecule has 3 N–H and O–H groups in total. The molecule has 1 aromatic rings. The highest BCUT2D eigenvalue weighted by Crippen LogP contribution is 2.14. The van der Waals surface area contributed by atoms with Crippen LogP contribution in [0.5, 0.6) is 0 Å². The zero-order valence-electron chi connectivity index (χ0n) is 9.06. The van der Waals surface area contributed by atoms with Crippen molar-refractivity contribution < 1.29 is 5.11 Å². The second-order valence-electron chi connectivity index (χ2n) is 3.24. The zero-order valence-corrected chi connectivity index (χ0v) is 9.06. The second kappa shape index (κ2) is 6.31. The predicted octanol–water partition coefficient (Wildman–Crippen LogP) is 0.144. The molecule has 15 heavy (non-hydrogen) atoms. The van der Waals surface area contributed by atoms with E-state index in [9.17, 15) is 0 Å². The molecule has 0 aliphatic carbocycles. The molecule has 0 spiro atoms. The van der Waals surface area contributed by atoms with E-state index in [1.165, 1.54) is 0 Å². The Labute approximate surface area is 90.0 Å². The Bertz CT molecular complexity index is 287. The molecule has 1 rings (SSSR count). The van der Waals surface area contributed by atoms with Gasteiger partial charge in [-0.05, 0) is 6.42 Å². The lowest BCUT2D eigenvalue weighted by atomic mass is 10.3. The number of rotatable bonds is 6. The van der Waals surface area contributed by atoms with E-state index in [-0.39, 0.29) is 6.61 Å². The predicted molar refractivity (Wildman–Crippen MR) is 59.5 cm³/mol. The molecule has 0 aliphatic heterocycles. The van der Waals surface area contributed by atoms with Crippen molar-refractivity contribution in [3.05, 3.63) is 18.1 Å². The summed E-state index contributed by atoms with van der Waals surface area (Å²) in [6.07, 6.45) is 4.28. The third kappa shape index (κ3) is 3.14. The zero-order chi connectivity index (χ0) is 11.1. The molecule has 0 saturated heterocycles. The van der Waals surface area contributed by atoms with Crippen LogP contribution in [0.1, 0.15) is 19.0 Å². The van der Waals surface area contributed by atoms with E-state index in [0.717, 1.165) is 24.5 Å². The van der Waals surface area contributed by atoms with Crippen molar-refractivity contribution in [1.29, 1.82) is 0 Å². The Hall–Kier alpha value is -1.20. The maximum absolute atomic E-state index is 8.97. The van der Waals surface area contributed by atoms with E-state index in [0.29, 0.717) is 13.1 Å². The number of aliphatic hydroxyl groups is 1. The van der Waals surface area contributed by atoms with E-state index in [1.54, 1.807) is 12.4 Å². The lowest BCUT2D eigenvalue weighted by Crippen LogP contribution is -2.30. The molecule has 0 atom stereocenters. The molecule has 0 aliphatic rings. The maximum atomic E-state index is 8.97. The third-order valence-corrected chi connectivity index (χ3v) is 2.11. The Kier molecular flexibility index (Phi) is 5.00. The van der Waals surface area contributed by atoms with Crippen LogP contribution < -0.4 is 10.6 Å². The number of nitrogens with zero attached hydrogens (tertiary/aromatic N) is 3. The summed E-state index contributed by atoms with van der Waals surface area (Å²) in [5.41, 5.74) is 6.37. The van der Waals surface area contributed by atoms with Crippen LogP contribution in [0.15, 0.2) is 12.4 Å². The summed E-state index contributed by atoms with van der Waals surface area (Å²) >= 11 is 0. The topological polar surface area (TPSA) is 75.3 Å². The standard InChI is InChI=1S/C10H18N4O/c1-2-5-14(6-7-15)10-9(8-11)12-3-4-13-10/h3-4,15H,2,5-8,11H2,1H3. The average molecular weight is 210 g/mol. The molecule has 5 heteroatoms. The molecule has 0 bridgehead atoms. The fraction of sp³-hybridized carbons (Fsp3) is 0.600. The summed E-state index contributed by atoms with van der Waals surface area (Å²) in [7, 11) is 0. The molecule has 1 aromatic heterocycles. The quantitative estimate of drug-likeness (QED) is 0.698. The SMILES string of the molecule is CCCN(CCO)c1nccnc1CN. The minimum absolute atomic E-state index is 0.112. The van der Waals surface area contributed by atoms with E-state index >= 15 is 0 Å². The molecular weight excluding hydrogens is 192 g/mol. The molecule has 84 valence electrons. The summed E-state index contributed by atoms with van der Waals surface area (Å²) in [5.74, 6) is 0.788. The first-order valence-corrected chi connectivity index (χ1v) is 5.19. The van der Waals surface area contributed by atoms with Gasteiger partial charge in [-0.25, -0.2) is 4.98 Å². The molecular formula is C10H18N4O. The molecule has 0 radical (unpaired) electrons. The Balaban J connectivity index is 2.88. The van der Waals surface area contributed by atoms with E-state index < -0.39 is 0 Å². The fourth-order valence-corrected chi connectivity index (χ4v) is 1.48. The van der Waals surface area contributed by atoms with Gasteiger partial charge in [0.2, 0.25) is 0 Å². The van der Waals surface area contributed by atoms with Crippen LogP contribution in [0, 0.1) is 0 Å². The van der Waals surface area contributed by atoms with Gasteiger partial charge in [0, 0.05) is 32.0 Å². The molecule has 0 unspecified atom stereocenters. The van der Waals surface area contributed by atoms with Crippen molar-refractivity contribution in [2.24, 2.45) is 5.73 Å². The molecule has 5 nitrogen and oxygen atoms in total. The van der Waals surface area contributed by atoms with Crippen molar-refractivity contribution in [1.82, 2.24) is 9.97 Å². The Morgan fingerprint density at radius 2 is 2.07 bits per heavy atom. The highest BCUT2D eigenvalue weighted by Gasteiger charge is 2.11. The smallest absolute Gasteiger partial charge is 0.151 e. The summed E-state index contributed by atoms with van der Waals surface area (Å²) < 4.78 is 0. The van der Waals surface area contributed by atoms with Crippen LogP contribution in [0.4, 0.5) is 5.82 Å². The van der Waals surface area contributed by atoms with Gasteiger partial charge in [-0.15, -0.1) is 0 Å². The van der Waals surface area contributed by atoms with Gasteiger partial charge in [-0.2, -0.15) is 0 Å². The molecule has 1 heterocycles. The van der Waals surface area contributed by atoms with Gasteiger partial charge in [0.05, 0.1) is 12.3 Å². The van der Waals surface area contributed by atoms with Crippen LogP contribution >= 0.6 is 0 Å². The second-order valence-corrected chi connectivity index (χ2v) is 3.24. The number of nitrogens with two attached hydrogens (primary N) is 1. The highest BCUT2D eigenvalue weighted by atomic mass is 16.3. The molecule has 0 aromatic carbocycles. The summed E-state index contributed by atoms with van der Waals surface area (Å²) in [4.78, 5) is 10.4. The summed E-state index contributed by atoms with van der Waals surface area (Å²) in [6.45, 7) is 3.99. The average Bonchev–Trinajstić information content (AvgIpc) is 2.29. The lowest BCUT2D eigenvalue weighted by molar-refractivity contribution is 0.301. The fourth-order valence-electron chi connectivity index (χ4n) is 1.48. The largest absolute Gasteiger partial charge is 0.395 e. The van der Waals surface area contributed by atoms with Crippen LogP contribution in [0.2, 0.25) is 0 Å². The minimum Gasteiger partial charge on any atom is -0.395 e. The molecule has 0 saturated carbocycles. The van der Waals surface area contributed by atoms with Crippen molar-refractivity contribution in [3.63, 3.8) is 0 Å². The minimum atomic E-state index is 0.112. The van der Waals surface area contributed by atoms with Crippen molar-refractivity contribution in [2.45, 2.75) is 19.9 Å². The summed E-state index contributed by atoms with van der Waals surface area (Å²) in [6, 6.07) is 0. The number of aliphatic hydroxyl groups excluding tert-OH is 1. The van der Waals surface area contributed by atoms with Crippen molar-refractivity contribution in [3.8, 4) is 0 Å². The third-order valence-electron chi connectivity index (χ3n) is 2.11. The molecule has 0 fully saturated rings. The number of hydrogen-bond donors (Lipinski definition) is 2. The number of anilines is 1. The van der Waals surface area contributed by atoms with Crippen LogP contribution in [0.25, 0.3) is 0 Å². The number of aromatic nitrogens is 2. The van der Waals surface area contributed by atoms with Gasteiger partial charge < -0.3 is 15.7 Å². The van der Waals surface area contributed by atoms with Gasteiger partial charge in [0.15, 0.2) is 5.82 Å². The van der Waals surface area contributed by atoms with Crippen molar-refractivity contribution in [2.75, 3.05) is 24.6 Å². The lowest BCUT2D eigenvalue weighted by Gasteiger charge is -2.23. The van der Waals surface area contributed by atoms with Gasteiger partial charge in [-0.3, -0.25) is 4.98 Å². The van der Waals surface area contributed by atoms with Crippen LogP contribution in [-0.2, 0) is 6.54 Å². The normalized spacial score (nSPS) is 10.3. The van der Waals surface area contributed by atoms with Crippen LogP contribution in [-0.4, -0.2) is 34.8 Å². The van der Waals surface area contributed by atoms with Crippen molar-refractivity contribution >= 4 is 5.82 Å². The highest BCUT2D eigenvalue weighted by molar-refractivity contribution is 5.42. The van der Waals surface area contributed by atoms with E-state index in [4.69, 9.17) is 10.8 Å². The first-order chi connectivity index (χ1) is 7.33.